The third-order valence-electron chi connectivity index (χ3n) is 2.48. The number of aromatic carboxylic acids is 1. The average molecular weight is 256 g/mol. The van der Waals surface area contributed by atoms with Crippen molar-refractivity contribution in [2.24, 2.45) is 0 Å². The van der Waals surface area contributed by atoms with E-state index >= 15 is 0 Å². The van der Waals surface area contributed by atoms with E-state index in [0.29, 0.717) is 5.69 Å². The molecule has 0 aliphatic carbocycles. The van der Waals surface area contributed by atoms with Gasteiger partial charge in [-0.05, 0) is 19.2 Å². The summed E-state index contributed by atoms with van der Waals surface area (Å²) in [6.07, 6.45) is 4.83. The summed E-state index contributed by atoms with van der Waals surface area (Å²) in [6, 6.07) is 1.40. The molecule has 1 aromatic heterocycles. The first-order valence-electron chi connectivity index (χ1n) is 5.17. The van der Waals surface area contributed by atoms with Gasteiger partial charge in [0.05, 0.1) is 24.1 Å². The van der Waals surface area contributed by atoms with Crippen LogP contribution in [0.15, 0.2) is 18.5 Å². The SMILES string of the molecule is CSC(CO)C(C)Nc1cnccc1C(=O)O. The van der Waals surface area contributed by atoms with Crippen LogP contribution in [0.4, 0.5) is 5.69 Å². The van der Waals surface area contributed by atoms with Crippen molar-refractivity contribution in [1.82, 2.24) is 4.98 Å². The molecule has 0 amide bonds. The van der Waals surface area contributed by atoms with Crippen molar-refractivity contribution in [2.45, 2.75) is 18.2 Å². The van der Waals surface area contributed by atoms with E-state index in [1.165, 1.54) is 30.2 Å². The number of aliphatic hydroxyl groups excluding tert-OH is 1. The van der Waals surface area contributed by atoms with Crippen molar-refractivity contribution >= 4 is 23.4 Å². The molecule has 1 rings (SSSR count). The number of carbonyl (C=O) groups is 1. The summed E-state index contributed by atoms with van der Waals surface area (Å²) in [5, 5.41) is 21.2. The second-order valence-electron chi connectivity index (χ2n) is 3.62. The highest BCUT2D eigenvalue weighted by atomic mass is 32.2. The molecule has 0 saturated heterocycles. The van der Waals surface area contributed by atoms with Gasteiger partial charge in [0.25, 0.3) is 0 Å². The van der Waals surface area contributed by atoms with Gasteiger partial charge in [-0.15, -0.1) is 0 Å². The summed E-state index contributed by atoms with van der Waals surface area (Å²) >= 11 is 1.53. The Kier molecular flexibility index (Phi) is 5.24. The lowest BCUT2D eigenvalue weighted by atomic mass is 10.2. The first kappa shape index (κ1) is 13.8. The third kappa shape index (κ3) is 3.61. The molecule has 17 heavy (non-hydrogen) atoms. The number of hydrogen-bond acceptors (Lipinski definition) is 5. The van der Waals surface area contributed by atoms with Gasteiger partial charge in [-0.25, -0.2) is 4.79 Å². The van der Waals surface area contributed by atoms with Gasteiger partial charge in [0, 0.05) is 17.5 Å². The molecule has 0 spiro atoms. The number of carboxylic acids is 1. The highest BCUT2D eigenvalue weighted by molar-refractivity contribution is 7.99. The van der Waals surface area contributed by atoms with Crippen molar-refractivity contribution in [3.05, 3.63) is 24.0 Å². The molecular weight excluding hydrogens is 240 g/mol. The fourth-order valence-corrected chi connectivity index (χ4v) is 2.10. The second-order valence-corrected chi connectivity index (χ2v) is 4.69. The minimum Gasteiger partial charge on any atom is -0.478 e. The van der Waals surface area contributed by atoms with Crippen molar-refractivity contribution in [2.75, 3.05) is 18.2 Å². The molecule has 0 radical (unpaired) electrons. The maximum Gasteiger partial charge on any atom is 0.337 e. The standard InChI is InChI=1S/C11H16N2O3S/c1-7(10(6-14)17-2)13-9-5-12-4-3-8(9)11(15)16/h3-5,7,10,13-14H,6H2,1-2H3,(H,15,16). The van der Waals surface area contributed by atoms with Gasteiger partial charge in [-0.3, -0.25) is 4.98 Å². The monoisotopic (exact) mass is 256 g/mol. The predicted octanol–water partition coefficient (Wildman–Crippen LogP) is 1.30. The van der Waals surface area contributed by atoms with Crippen LogP contribution in [0.5, 0.6) is 0 Å². The summed E-state index contributed by atoms with van der Waals surface area (Å²) in [7, 11) is 0. The number of aliphatic hydroxyl groups is 1. The number of anilines is 1. The van der Waals surface area contributed by atoms with Crippen molar-refractivity contribution in [3.8, 4) is 0 Å². The molecule has 0 fully saturated rings. The van der Waals surface area contributed by atoms with E-state index in [1.807, 2.05) is 13.2 Å². The van der Waals surface area contributed by atoms with E-state index in [0.717, 1.165) is 0 Å². The Bertz CT molecular complexity index is 383. The van der Waals surface area contributed by atoms with E-state index in [1.54, 1.807) is 0 Å². The summed E-state index contributed by atoms with van der Waals surface area (Å²) in [6.45, 7) is 1.94. The van der Waals surface area contributed by atoms with Gasteiger partial charge in [0.15, 0.2) is 0 Å². The Hall–Kier alpha value is -1.27. The van der Waals surface area contributed by atoms with Crippen LogP contribution in [0, 0.1) is 0 Å². The molecule has 3 N–H and O–H groups in total. The fraction of sp³-hybridized carbons (Fsp3) is 0.455. The Balaban J connectivity index is 2.84. The maximum absolute atomic E-state index is 11.0. The normalized spacial score (nSPS) is 14.1. The highest BCUT2D eigenvalue weighted by Crippen LogP contribution is 2.19. The maximum atomic E-state index is 11.0. The summed E-state index contributed by atoms with van der Waals surface area (Å²) in [5.41, 5.74) is 0.657. The van der Waals surface area contributed by atoms with E-state index in [9.17, 15) is 4.79 Å². The largest absolute Gasteiger partial charge is 0.478 e. The Labute approximate surface area is 104 Å². The van der Waals surface area contributed by atoms with E-state index in [2.05, 4.69) is 10.3 Å². The molecule has 2 atom stereocenters. The number of pyridine rings is 1. The fourth-order valence-electron chi connectivity index (χ4n) is 1.47. The topological polar surface area (TPSA) is 82.5 Å². The molecule has 0 aromatic carbocycles. The van der Waals surface area contributed by atoms with Gasteiger partial charge in [0.2, 0.25) is 0 Å². The first-order valence-corrected chi connectivity index (χ1v) is 6.46. The van der Waals surface area contributed by atoms with Crippen LogP contribution in [0.25, 0.3) is 0 Å². The summed E-state index contributed by atoms with van der Waals surface area (Å²) in [4.78, 5) is 14.9. The highest BCUT2D eigenvalue weighted by Gasteiger charge is 2.17. The quantitative estimate of drug-likeness (QED) is 0.711. The van der Waals surface area contributed by atoms with Crippen molar-refractivity contribution in [1.29, 1.82) is 0 Å². The molecule has 6 heteroatoms. The van der Waals surface area contributed by atoms with Crippen LogP contribution in [0.1, 0.15) is 17.3 Å². The Morgan fingerprint density at radius 3 is 2.88 bits per heavy atom. The molecule has 0 bridgehead atoms. The van der Waals surface area contributed by atoms with Crippen molar-refractivity contribution < 1.29 is 15.0 Å². The molecule has 5 nitrogen and oxygen atoms in total. The first-order chi connectivity index (χ1) is 8.10. The van der Waals surface area contributed by atoms with E-state index in [4.69, 9.17) is 10.2 Å². The van der Waals surface area contributed by atoms with Crippen molar-refractivity contribution in [3.63, 3.8) is 0 Å². The number of aromatic nitrogens is 1. The number of carboxylic acid groups (broad SMARTS) is 1. The molecule has 1 heterocycles. The molecule has 0 aliphatic rings. The zero-order valence-corrected chi connectivity index (χ0v) is 10.6. The molecule has 0 aliphatic heterocycles. The zero-order valence-electron chi connectivity index (χ0n) is 9.75. The molecule has 2 unspecified atom stereocenters. The van der Waals surface area contributed by atoms with Gasteiger partial charge in [0.1, 0.15) is 0 Å². The molecule has 1 aromatic rings. The van der Waals surface area contributed by atoms with E-state index in [-0.39, 0.29) is 23.5 Å². The number of rotatable bonds is 6. The van der Waals surface area contributed by atoms with Crippen LogP contribution >= 0.6 is 11.8 Å². The molecule has 0 saturated carbocycles. The number of thioether (sulfide) groups is 1. The third-order valence-corrected chi connectivity index (χ3v) is 3.64. The van der Waals surface area contributed by atoms with Crippen LogP contribution in [-0.4, -0.2) is 45.3 Å². The average Bonchev–Trinajstić information content (AvgIpc) is 2.31. The Morgan fingerprint density at radius 2 is 2.35 bits per heavy atom. The number of hydrogen-bond donors (Lipinski definition) is 3. The number of nitrogens with zero attached hydrogens (tertiary/aromatic N) is 1. The number of nitrogens with one attached hydrogen (secondary N) is 1. The van der Waals surface area contributed by atoms with E-state index < -0.39 is 5.97 Å². The lowest BCUT2D eigenvalue weighted by Crippen LogP contribution is -2.31. The van der Waals surface area contributed by atoms with Gasteiger partial charge < -0.3 is 15.5 Å². The lowest BCUT2D eigenvalue weighted by molar-refractivity contribution is 0.0698. The minimum absolute atomic E-state index is 0.0110. The minimum atomic E-state index is -0.994. The predicted molar refractivity (Wildman–Crippen MR) is 68.7 cm³/mol. The Morgan fingerprint density at radius 1 is 1.65 bits per heavy atom. The van der Waals surface area contributed by atoms with Crippen LogP contribution < -0.4 is 5.32 Å². The molecular formula is C11H16N2O3S. The van der Waals surface area contributed by atoms with Crippen LogP contribution in [-0.2, 0) is 0 Å². The van der Waals surface area contributed by atoms with Gasteiger partial charge in [-0.2, -0.15) is 11.8 Å². The second kappa shape index (κ2) is 6.46. The summed E-state index contributed by atoms with van der Waals surface area (Å²) in [5.74, 6) is -0.994. The summed E-state index contributed by atoms with van der Waals surface area (Å²) < 4.78 is 0. The van der Waals surface area contributed by atoms with Gasteiger partial charge >= 0.3 is 5.97 Å². The lowest BCUT2D eigenvalue weighted by Gasteiger charge is -2.22. The van der Waals surface area contributed by atoms with Crippen LogP contribution in [0.2, 0.25) is 0 Å². The van der Waals surface area contributed by atoms with Crippen LogP contribution in [0.3, 0.4) is 0 Å². The zero-order chi connectivity index (χ0) is 12.8. The van der Waals surface area contributed by atoms with Gasteiger partial charge in [-0.1, -0.05) is 0 Å². The molecule has 94 valence electrons. The smallest absolute Gasteiger partial charge is 0.337 e.